The zero-order valence-electron chi connectivity index (χ0n) is 11.6. The number of carbonyl (C=O) groups excluding carboxylic acids is 1. The zero-order valence-corrected chi connectivity index (χ0v) is 11.6. The Balaban J connectivity index is 2.40. The van der Waals surface area contributed by atoms with Crippen molar-refractivity contribution < 1.29 is 14.1 Å². The van der Waals surface area contributed by atoms with Crippen molar-refractivity contribution in [3.8, 4) is 0 Å². The Hall–Kier alpha value is -2.22. The van der Waals surface area contributed by atoms with Crippen LogP contribution in [0.4, 0.5) is 15.8 Å². The quantitative estimate of drug-likeness (QED) is 0.629. The maximum absolute atomic E-state index is 13.7. The summed E-state index contributed by atoms with van der Waals surface area (Å²) in [6.45, 7) is 3.59. The molecule has 21 heavy (non-hydrogen) atoms. The predicted molar refractivity (Wildman–Crippen MR) is 75.7 cm³/mol. The molecule has 1 aromatic carbocycles. The van der Waals surface area contributed by atoms with E-state index in [4.69, 9.17) is 0 Å². The number of nitrogens with zero attached hydrogens (tertiary/aromatic N) is 2. The molecule has 2 rings (SSSR count). The van der Waals surface area contributed by atoms with E-state index in [1.165, 1.54) is 12.1 Å². The molecule has 1 aliphatic rings. The van der Waals surface area contributed by atoms with Gasteiger partial charge in [-0.05, 0) is 19.1 Å². The molecular weight excluding hydrogens is 279 g/mol. The first kappa shape index (κ1) is 15.2. The number of nitro groups is 1. The molecule has 2 N–H and O–H groups in total. The van der Waals surface area contributed by atoms with E-state index < -0.39 is 22.5 Å². The maximum atomic E-state index is 13.7. The third kappa shape index (κ3) is 3.10. The van der Waals surface area contributed by atoms with Gasteiger partial charge < -0.3 is 15.5 Å². The SMILES string of the molecule is CCNC(=O)C1CNCCN1c1cccc(F)c1[N+](=O)[O-]. The first-order chi connectivity index (χ1) is 10.1. The van der Waals surface area contributed by atoms with Gasteiger partial charge >= 0.3 is 5.69 Å². The number of nitro benzene ring substituents is 1. The Bertz CT molecular complexity index is 552. The highest BCUT2D eigenvalue weighted by Crippen LogP contribution is 2.32. The summed E-state index contributed by atoms with van der Waals surface area (Å²) in [5, 5.41) is 16.9. The number of likely N-dealkylation sites (N-methyl/N-ethyl adjacent to an activating group) is 1. The van der Waals surface area contributed by atoms with Gasteiger partial charge in [0.05, 0.1) is 4.92 Å². The van der Waals surface area contributed by atoms with Gasteiger partial charge in [0.1, 0.15) is 11.7 Å². The fourth-order valence-electron chi connectivity index (χ4n) is 2.44. The molecule has 0 aromatic heterocycles. The molecule has 1 unspecified atom stereocenters. The van der Waals surface area contributed by atoms with Crippen LogP contribution in [0.15, 0.2) is 18.2 Å². The summed E-state index contributed by atoms with van der Waals surface area (Å²) < 4.78 is 13.7. The van der Waals surface area contributed by atoms with Gasteiger partial charge in [0.2, 0.25) is 11.7 Å². The zero-order chi connectivity index (χ0) is 15.4. The summed E-state index contributed by atoms with van der Waals surface area (Å²) in [7, 11) is 0. The van der Waals surface area contributed by atoms with E-state index in [-0.39, 0.29) is 11.6 Å². The van der Waals surface area contributed by atoms with Crippen molar-refractivity contribution in [2.45, 2.75) is 13.0 Å². The lowest BCUT2D eigenvalue weighted by Crippen LogP contribution is -2.58. The second-order valence-electron chi connectivity index (χ2n) is 4.67. The standard InChI is InChI=1S/C13H17FN4O3/c1-2-16-13(19)11-8-15-6-7-17(11)10-5-3-4-9(14)12(10)18(20)21/h3-5,11,15H,2,6-8H2,1H3,(H,16,19). The summed E-state index contributed by atoms with van der Waals surface area (Å²) in [6, 6.07) is 3.33. The van der Waals surface area contributed by atoms with Crippen LogP contribution in [0.25, 0.3) is 0 Å². The second kappa shape index (κ2) is 6.49. The van der Waals surface area contributed by atoms with Gasteiger partial charge in [-0.3, -0.25) is 14.9 Å². The first-order valence-corrected chi connectivity index (χ1v) is 6.74. The lowest BCUT2D eigenvalue weighted by atomic mass is 10.1. The average Bonchev–Trinajstić information content (AvgIpc) is 2.47. The Labute approximate surface area is 121 Å². The minimum absolute atomic E-state index is 0.137. The number of piperazine rings is 1. The number of anilines is 1. The van der Waals surface area contributed by atoms with E-state index in [2.05, 4.69) is 10.6 Å². The number of hydrogen-bond donors (Lipinski definition) is 2. The maximum Gasteiger partial charge on any atom is 0.327 e. The van der Waals surface area contributed by atoms with Crippen LogP contribution < -0.4 is 15.5 Å². The summed E-state index contributed by atoms with van der Waals surface area (Å²) in [5.41, 5.74) is -0.452. The predicted octanol–water partition coefficient (Wildman–Crippen LogP) is 0.648. The van der Waals surface area contributed by atoms with Crippen molar-refractivity contribution >= 4 is 17.3 Å². The number of para-hydroxylation sites is 1. The monoisotopic (exact) mass is 296 g/mol. The van der Waals surface area contributed by atoms with Crippen molar-refractivity contribution in [3.05, 3.63) is 34.1 Å². The number of hydrogen-bond acceptors (Lipinski definition) is 5. The van der Waals surface area contributed by atoms with E-state index in [1.54, 1.807) is 11.8 Å². The molecule has 1 heterocycles. The van der Waals surface area contributed by atoms with Crippen molar-refractivity contribution in [1.29, 1.82) is 0 Å². The second-order valence-corrected chi connectivity index (χ2v) is 4.67. The van der Waals surface area contributed by atoms with Gasteiger partial charge in [-0.25, -0.2) is 0 Å². The van der Waals surface area contributed by atoms with E-state index in [9.17, 15) is 19.3 Å². The van der Waals surface area contributed by atoms with Gasteiger partial charge in [-0.1, -0.05) is 6.07 Å². The van der Waals surface area contributed by atoms with Crippen LogP contribution >= 0.6 is 0 Å². The van der Waals surface area contributed by atoms with Crippen LogP contribution in [-0.4, -0.2) is 43.1 Å². The molecule has 114 valence electrons. The van der Waals surface area contributed by atoms with Crippen LogP contribution in [0.5, 0.6) is 0 Å². The molecule has 1 aliphatic heterocycles. The molecule has 7 nitrogen and oxygen atoms in total. The number of halogens is 1. The minimum Gasteiger partial charge on any atom is -0.355 e. The molecular formula is C13H17FN4O3. The van der Waals surface area contributed by atoms with Crippen LogP contribution in [0.1, 0.15) is 6.92 Å². The molecule has 8 heteroatoms. The Kier molecular flexibility index (Phi) is 4.69. The molecule has 1 fully saturated rings. The highest BCUT2D eigenvalue weighted by molar-refractivity contribution is 5.86. The van der Waals surface area contributed by atoms with Crippen LogP contribution in [0.2, 0.25) is 0 Å². The molecule has 1 saturated heterocycles. The molecule has 1 aromatic rings. The highest BCUT2D eigenvalue weighted by atomic mass is 19.1. The van der Waals surface area contributed by atoms with E-state index >= 15 is 0 Å². The third-order valence-corrected chi connectivity index (χ3v) is 3.35. The lowest BCUT2D eigenvalue weighted by Gasteiger charge is -2.36. The normalized spacial score (nSPS) is 18.4. The van der Waals surface area contributed by atoms with Gasteiger partial charge in [-0.15, -0.1) is 0 Å². The number of amides is 1. The molecule has 0 saturated carbocycles. The number of nitrogens with one attached hydrogen (secondary N) is 2. The smallest absolute Gasteiger partial charge is 0.327 e. The molecule has 0 radical (unpaired) electrons. The number of carbonyl (C=O) groups is 1. The molecule has 0 aliphatic carbocycles. The van der Waals surface area contributed by atoms with E-state index in [0.717, 1.165) is 6.07 Å². The fourth-order valence-corrected chi connectivity index (χ4v) is 2.44. The highest BCUT2D eigenvalue weighted by Gasteiger charge is 2.33. The van der Waals surface area contributed by atoms with E-state index in [0.29, 0.717) is 26.2 Å². The van der Waals surface area contributed by atoms with Gasteiger partial charge in [0, 0.05) is 26.2 Å². The van der Waals surface area contributed by atoms with Gasteiger partial charge in [0.25, 0.3) is 0 Å². The first-order valence-electron chi connectivity index (χ1n) is 6.74. The average molecular weight is 296 g/mol. The number of rotatable bonds is 4. The third-order valence-electron chi connectivity index (χ3n) is 3.35. The Morgan fingerprint density at radius 1 is 1.62 bits per heavy atom. The fraction of sp³-hybridized carbons (Fsp3) is 0.462. The minimum atomic E-state index is -0.898. The van der Waals surface area contributed by atoms with Crippen molar-refractivity contribution in [1.82, 2.24) is 10.6 Å². The summed E-state index contributed by atoms with van der Waals surface area (Å²) >= 11 is 0. The van der Waals surface area contributed by atoms with Crippen LogP contribution in [-0.2, 0) is 4.79 Å². The van der Waals surface area contributed by atoms with Crippen LogP contribution in [0.3, 0.4) is 0 Å². The molecule has 0 bridgehead atoms. The summed E-state index contributed by atoms with van der Waals surface area (Å²) in [4.78, 5) is 24.0. The summed E-state index contributed by atoms with van der Waals surface area (Å²) in [5.74, 6) is -1.13. The van der Waals surface area contributed by atoms with Crippen molar-refractivity contribution in [3.63, 3.8) is 0 Å². The van der Waals surface area contributed by atoms with Gasteiger partial charge in [0.15, 0.2) is 0 Å². The van der Waals surface area contributed by atoms with E-state index in [1.807, 2.05) is 0 Å². The molecule has 1 atom stereocenters. The van der Waals surface area contributed by atoms with Crippen molar-refractivity contribution in [2.75, 3.05) is 31.1 Å². The molecule has 0 spiro atoms. The summed E-state index contributed by atoms with van der Waals surface area (Å²) in [6.07, 6.45) is 0. The molecule has 1 amide bonds. The Morgan fingerprint density at radius 2 is 2.38 bits per heavy atom. The van der Waals surface area contributed by atoms with Crippen LogP contribution in [0, 0.1) is 15.9 Å². The van der Waals surface area contributed by atoms with Gasteiger partial charge in [-0.2, -0.15) is 4.39 Å². The number of benzene rings is 1. The Morgan fingerprint density at radius 3 is 3.05 bits per heavy atom. The topological polar surface area (TPSA) is 87.5 Å². The van der Waals surface area contributed by atoms with Crippen molar-refractivity contribution in [2.24, 2.45) is 0 Å². The lowest BCUT2D eigenvalue weighted by molar-refractivity contribution is -0.386. The largest absolute Gasteiger partial charge is 0.355 e.